The van der Waals surface area contributed by atoms with Crippen LogP contribution in [-0.4, -0.2) is 48.7 Å². The molecule has 29 heavy (non-hydrogen) atoms. The van der Waals surface area contributed by atoms with Crippen molar-refractivity contribution < 1.29 is 24.5 Å². The standard InChI is InChI=1S/C23H39NO5/c1-15(2)19(14-20(24)21(25)11-17(4)23(26)27)12-18-8-7-16(3)22(13-18)29-10-6-9-28-5/h7-8,13,15,17,19-21,25H,6,9-12,14,24H2,1-5H3,(H,26,27)/t17-,19+,20+,21+/m1/s1. The highest BCUT2D eigenvalue weighted by Gasteiger charge is 2.25. The molecule has 1 aromatic carbocycles. The van der Waals surface area contributed by atoms with Crippen molar-refractivity contribution in [1.82, 2.24) is 0 Å². The Hall–Kier alpha value is -1.63. The van der Waals surface area contributed by atoms with Gasteiger partial charge in [0.25, 0.3) is 0 Å². The van der Waals surface area contributed by atoms with Crippen molar-refractivity contribution in [2.45, 2.75) is 65.5 Å². The number of aliphatic carboxylic acids is 1. The Morgan fingerprint density at radius 3 is 2.45 bits per heavy atom. The number of carboxylic acid groups (broad SMARTS) is 1. The molecule has 0 saturated carbocycles. The summed E-state index contributed by atoms with van der Waals surface area (Å²) < 4.78 is 11.0. The number of hydrogen-bond donors (Lipinski definition) is 3. The molecule has 1 aromatic rings. The van der Waals surface area contributed by atoms with Crippen molar-refractivity contribution in [3.8, 4) is 5.75 Å². The molecule has 4 atom stereocenters. The molecule has 0 unspecified atom stereocenters. The Bertz CT molecular complexity index is 619. The lowest BCUT2D eigenvalue weighted by Gasteiger charge is -2.28. The summed E-state index contributed by atoms with van der Waals surface area (Å²) in [6, 6.07) is 5.83. The highest BCUT2D eigenvalue weighted by atomic mass is 16.5. The summed E-state index contributed by atoms with van der Waals surface area (Å²) in [6.07, 6.45) is 1.67. The molecule has 0 heterocycles. The van der Waals surface area contributed by atoms with Crippen LogP contribution in [0.5, 0.6) is 5.75 Å². The maximum absolute atomic E-state index is 11.0. The fraction of sp³-hybridized carbons (Fsp3) is 0.696. The van der Waals surface area contributed by atoms with Crippen LogP contribution in [0.25, 0.3) is 0 Å². The molecule has 0 spiro atoms. The minimum absolute atomic E-state index is 0.172. The number of ether oxygens (including phenoxy) is 2. The first-order valence-electron chi connectivity index (χ1n) is 10.5. The number of aliphatic hydroxyl groups excluding tert-OH is 1. The Kier molecular flexibility index (Phi) is 11.2. The van der Waals surface area contributed by atoms with Gasteiger partial charge in [-0.15, -0.1) is 0 Å². The molecule has 0 amide bonds. The molecule has 0 aliphatic rings. The van der Waals surface area contributed by atoms with Crippen molar-refractivity contribution in [3.05, 3.63) is 29.3 Å². The molecule has 0 saturated heterocycles. The zero-order valence-electron chi connectivity index (χ0n) is 18.6. The third-order valence-electron chi connectivity index (χ3n) is 5.53. The summed E-state index contributed by atoms with van der Waals surface area (Å²) in [6.45, 7) is 9.23. The van der Waals surface area contributed by atoms with E-state index in [0.29, 0.717) is 25.6 Å². The van der Waals surface area contributed by atoms with Gasteiger partial charge in [-0.3, -0.25) is 4.79 Å². The first kappa shape index (κ1) is 25.4. The Morgan fingerprint density at radius 1 is 1.17 bits per heavy atom. The first-order chi connectivity index (χ1) is 13.6. The topological polar surface area (TPSA) is 102 Å². The number of nitrogens with two attached hydrogens (primary N) is 1. The fourth-order valence-corrected chi connectivity index (χ4v) is 3.35. The molecule has 4 N–H and O–H groups in total. The molecule has 0 bridgehead atoms. The Balaban J connectivity index is 2.74. The van der Waals surface area contributed by atoms with E-state index in [9.17, 15) is 9.90 Å². The lowest BCUT2D eigenvalue weighted by molar-refractivity contribution is -0.142. The van der Waals surface area contributed by atoms with Gasteiger partial charge in [0.15, 0.2) is 0 Å². The number of carboxylic acids is 1. The van der Waals surface area contributed by atoms with E-state index < -0.39 is 24.0 Å². The average molecular weight is 410 g/mol. The van der Waals surface area contributed by atoms with Gasteiger partial charge in [0.2, 0.25) is 0 Å². The largest absolute Gasteiger partial charge is 0.493 e. The van der Waals surface area contributed by atoms with Crippen molar-refractivity contribution >= 4 is 5.97 Å². The first-order valence-corrected chi connectivity index (χ1v) is 10.5. The van der Waals surface area contributed by atoms with Gasteiger partial charge in [0, 0.05) is 26.2 Å². The van der Waals surface area contributed by atoms with Crippen molar-refractivity contribution in [2.75, 3.05) is 20.3 Å². The van der Waals surface area contributed by atoms with Gasteiger partial charge in [-0.05, 0) is 55.2 Å². The van der Waals surface area contributed by atoms with Crippen LogP contribution in [0.15, 0.2) is 18.2 Å². The minimum atomic E-state index is -0.908. The van der Waals surface area contributed by atoms with Crippen molar-refractivity contribution in [3.63, 3.8) is 0 Å². The molecule has 0 radical (unpaired) electrons. The third-order valence-corrected chi connectivity index (χ3v) is 5.53. The maximum atomic E-state index is 11.0. The van der Waals surface area contributed by atoms with Crippen LogP contribution in [0, 0.1) is 24.7 Å². The van der Waals surface area contributed by atoms with E-state index >= 15 is 0 Å². The molecule has 0 fully saturated rings. The lowest BCUT2D eigenvalue weighted by atomic mass is 9.82. The third kappa shape index (κ3) is 9.15. The summed E-state index contributed by atoms with van der Waals surface area (Å²) in [5, 5.41) is 19.4. The highest BCUT2D eigenvalue weighted by Crippen LogP contribution is 2.27. The van der Waals surface area contributed by atoms with E-state index in [2.05, 4.69) is 32.0 Å². The maximum Gasteiger partial charge on any atom is 0.306 e. The van der Waals surface area contributed by atoms with E-state index in [0.717, 1.165) is 24.2 Å². The molecule has 0 aliphatic carbocycles. The summed E-state index contributed by atoms with van der Waals surface area (Å²) in [7, 11) is 1.68. The molecule has 166 valence electrons. The number of benzene rings is 1. The highest BCUT2D eigenvalue weighted by molar-refractivity contribution is 5.69. The van der Waals surface area contributed by atoms with Crippen LogP contribution in [0.4, 0.5) is 0 Å². The number of hydrogen-bond acceptors (Lipinski definition) is 5. The zero-order chi connectivity index (χ0) is 22.0. The molecule has 6 heteroatoms. The number of rotatable bonds is 14. The van der Waals surface area contributed by atoms with Crippen molar-refractivity contribution in [2.24, 2.45) is 23.5 Å². The number of aryl methyl sites for hydroxylation is 1. The zero-order valence-corrected chi connectivity index (χ0v) is 18.6. The van der Waals surface area contributed by atoms with Gasteiger partial charge >= 0.3 is 5.97 Å². The van der Waals surface area contributed by atoms with Crippen LogP contribution in [0.2, 0.25) is 0 Å². The SMILES string of the molecule is COCCCOc1cc(C[C@@H](C[C@H](N)[C@@H](O)C[C@@H](C)C(=O)O)C(C)C)ccc1C. The molecular weight excluding hydrogens is 370 g/mol. The Labute approximate surface area is 175 Å². The van der Waals surface area contributed by atoms with Gasteiger partial charge in [0.05, 0.1) is 18.6 Å². The molecule has 1 rings (SSSR count). The lowest BCUT2D eigenvalue weighted by Crippen LogP contribution is -2.39. The van der Waals surface area contributed by atoms with Gasteiger partial charge in [-0.25, -0.2) is 0 Å². The second kappa shape index (κ2) is 12.8. The average Bonchev–Trinajstić information content (AvgIpc) is 2.66. The van der Waals surface area contributed by atoms with Crippen LogP contribution in [0.3, 0.4) is 0 Å². The minimum Gasteiger partial charge on any atom is -0.493 e. The smallest absolute Gasteiger partial charge is 0.306 e. The van der Waals surface area contributed by atoms with Gasteiger partial charge < -0.3 is 25.4 Å². The van der Waals surface area contributed by atoms with E-state index in [1.165, 1.54) is 5.56 Å². The second-order valence-corrected chi connectivity index (χ2v) is 8.44. The van der Waals surface area contributed by atoms with Gasteiger partial charge in [-0.1, -0.05) is 32.9 Å². The van der Waals surface area contributed by atoms with E-state index in [-0.39, 0.29) is 12.3 Å². The van der Waals surface area contributed by atoms with E-state index in [1.54, 1.807) is 14.0 Å². The van der Waals surface area contributed by atoms with Crippen molar-refractivity contribution in [1.29, 1.82) is 0 Å². The molecule has 6 nitrogen and oxygen atoms in total. The van der Waals surface area contributed by atoms with Crippen LogP contribution in [-0.2, 0) is 16.0 Å². The number of aliphatic hydroxyl groups is 1. The van der Waals surface area contributed by atoms with Crippen LogP contribution in [0.1, 0.15) is 51.2 Å². The predicted octanol–water partition coefficient (Wildman–Crippen LogP) is 3.41. The normalized spacial score (nSPS) is 15.7. The van der Waals surface area contributed by atoms with Crippen LogP contribution >= 0.6 is 0 Å². The Morgan fingerprint density at radius 2 is 1.86 bits per heavy atom. The monoisotopic (exact) mass is 409 g/mol. The molecule has 0 aromatic heterocycles. The quantitative estimate of drug-likeness (QED) is 0.407. The number of methoxy groups -OCH3 is 1. The number of carbonyl (C=O) groups is 1. The van der Waals surface area contributed by atoms with Gasteiger partial charge in [0.1, 0.15) is 5.75 Å². The molecular formula is C23H39NO5. The van der Waals surface area contributed by atoms with E-state index in [4.69, 9.17) is 20.3 Å². The second-order valence-electron chi connectivity index (χ2n) is 8.44. The summed E-state index contributed by atoms with van der Waals surface area (Å²) >= 11 is 0. The fourth-order valence-electron chi connectivity index (χ4n) is 3.35. The predicted molar refractivity (Wildman–Crippen MR) is 115 cm³/mol. The summed E-state index contributed by atoms with van der Waals surface area (Å²) in [5.74, 6) is 0.0416. The van der Waals surface area contributed by atoms with Gasteiger partial charge in [-0.2, -0.15) is 0 Å². The summed E-state index contributed by atoms with van der Waals surface area (Å²) in [5.41, 5.74) is 8.50. The van der Waals surface area contributed by atoms with Crippen LogP contribution < -0.4 is 10.5 Å². The van der Waals surface area contributed by atoms with E-state index in [1.807, 2.05) is 6.92 Å². The summed E-state index contributed by atoms with van der Waals surface area (Å²) in [4.78, 5) is 11.0. The molecule has 0 aliphatic heterocycles.